The lowest BCUT2D eigenvalue weighted by Gasteiger charge is -2.32. The Morgan fingerprint density at radius 2 is 0.697 bits per heavy atom. The molecule has 0 fully saturated rings. The van der Waals surface area contributed by atoms with Crippen molar-refractivity contribution in [2.24, 2.45) is 0 Å². The molecule has 0 saturated carbocycles. The van der Waals surface area contributed by atoms with Gasteiger partial charge in [-0.2, -0.15) is 0 Å². The molecule has 0 bridgehead atoms. The van der Waals surface area contributed by atoms with E-state index in [2.05, 4.69) is 268 Å². The van der Waals surface area contributed by atoms with Gasteiger partial charge in [0.2, 0.25) is 0 Å². The van der Waals surface area contributed by atoms with E-state index in [-0.39, 0.29) is 5.41 Å². The van der Waals surface area contributed by atoms with Crippen molar-refractivity contribution in [3.8, 4) is 66.8 Å². The van der Waals surface area contributed by atoms with Gasteiger partial charge >= 0.3 is 0 Å². The van der Waals surface area contributed by atoms with Crippen LogP contribution in [-0.4, -0.2) is 0 Å². The van der Waals surface area contributed by atoms with Crippen molar-refractivity contribution in [3.63, 3.8) is 0 Å². The maximum absolute atomic E-state index is 2.50. The minimum Gasteiger partial charge on any atom is -0.310 e. The predicted octanol–water partition coefficient (Wildman–Crippen LogP) is 17.5. The zero-order valence-electron chi connectivity index (χ0n) is 37.5. The lowest BCUT2D eigenvalue weighted by Crippen LogP contribution is -2.23. The molecule has 1 atom stereocenters. The van der Waals surface area contributed by atoms with Crippen LogP contribution in [0.15, 0.2) is 243 Å². The van der Waals surface area contributed by atoms with Gasteiger partial charge in [-0.05, 0) is 144 Å². The molecular formula is C65H49N. The van der Waals surface area contributed by atoms with Gasteiger partial charge in [-0.25, -0.2) is 0 Å². The van der Waals surface area contributed by atoms with Crippen molar-refractivity contribution < 1.29 is 0 Å². The van der Waals surface area contributed by atoms with E-state index in [1.165, 1.54) is 94.6 Å². The van der Waals surface area contributed by atoms with Gasteiger partial charge < -0.3 is 4.90 Å². The first-order valence-electron chi connectivity index (χ1n) is 23.2. The Hall–Kier alpha value is -8.00. The summed E-state index contributed by atoms with van der Waals surface area (Å²) in [5.41, 5.74) is 24.3. The van der Waals surface area contributed by atoms with Crippen LogP contribution in [0.1, 0.15) is 48.6 Å². The first-order valence-corrected chi connectivity index (χ1v) is 23.2. The average molecular weight is 844 g/mol. The number of hydrogen-bond acceptors (Lipinski definition) is 1. The minimum atomic E-state index is -0.441. The highest BCUT2D eigenvalue weighted by Crippen LogP contribution is 2.59. The van der Waals surface area contributed by atoms with Crippen LogP contribution >= 0.6 is 0 Å². The van der Waals surface area contributed by atoms with E-state index in [1.807, 2.05) is 0 Å². The molecule has 1 nitrogen and oxygen atoms in total. The third kappa shape index (κ3) is 6.38. The Kier molecular flexibility index (Phi) is 9.36. The molecule has 12 rings (SSSR count). The largest absolute Gasteiger partial charge is 0.310 e. The monoisotopic (exact) mass is 843 g/mol. The zero-order valence-corrected chi connectivity index (χ0v) is 37.5. The molecule has 0 amide bonds. The SMILES string of the molecule is CC1(C)c2ccccc2-c2ccc(-c3ccc(N(c4ccc(-c5ccccc5)cc4)c4cc(-c5ccccc5)cc5c4-c4ccc(-c6ccccc6)cc4C5(C)c4ccccc4)cc3)cc21. The van der Waals surface area contributed by atoms with Crippen molar-refractivity contribution in [1.29, 1.82) is 0 Å². The Morgan fingerprint density at radius 3 is 1.29 bits per heavy atom. The van der Waals surface area contributed by atoms with E-state index in [1.54, 1.807) is 0 Å². The molecule has 0 saturated heterocycles. The highest BCUT2D eigenvalue weighted by atomic mass is 15.1. The van der Waals surface area contributed by atoms with Crippen LogP contribution in [0.2, 0.25) is 0 Å². The van der Waals surface area contributed by atoms with E-state index >= 15 is 0 Å². The van der Waals surface area contributed by atoms with Gasteiger partial charge in [0.25, 0.3) is 0 Å². The molecule has 0 aromatic heterocycles. The summed E-state index contributed by atoms with van der Waals surface area (Å²) in [6.45, 7) is 7.15. The van der Waals surface area contributed by atoms with Gasteiger partial charge in [0, 0.05) is 27.8 Å². The number of fused-ring (bicyclic) bond motifs is 6. The fourth-order valence-electron chi connectivity index (χ4n) is 11.0. The topological polar surface area (TPSA) is 3.24 Å². The molecule has 0 radical (unpaired) electrons. The molecule has 10 aromatic carbocycles. The lowest BCUT2D eigenvalue weighted by molar-refractivity contribution is 0.660. The van der Waals surface area contributed by atoms with Gasteiger partial charge in [0.05, 0.1) is 5.69 Å². The highest BCUT2D eigenvalue weighted by molar-refractivity contribution is 5.99. The molecule has 2 aliphatic carbocycles. The highest BCUT2D eigenvalue weighted by Gasteiger charge is 2.43. The smallest absolute Gasteiger partial charge is 0.0549 e. The molecular weight excluding hydrogens is 795 g/mol. The van der Waals surface area contributed by atoms with Gasteiger partial charge in [0.1, 0.15) is 0 Å². The van der Waals surface area contributed by atoms with Crippen molar-refractivity contribution in [2.75, 3.05) is 4.90 Å². The minimum absolute atomic E-state index is 0.0683. The summed E-state index contributed by atoms with van der Waals surface area (Å²) in [5.74, 6) is 0. The van der Waals surface area contributed by atoms with E-state index in [9.17, 15) is 0 Å². The lowest BCUT2D eigenvalue weighted by atomic mass is 9.73. The van der Waals surface area contributed by atoms with Crippen molar-refractivity contribution in [3.05, 3.63) is 270 Å². The molecule has 2 aliphatic rings. The maximum Gasteiger partial charge on any atom is 0.0549 e. The number of benzene rings is 10. The predicted molar refractivity (Wildman–Crippen MR) is 278 cm³/mol. The summed E-state index contributed by atoms with van der Waals surface area (Å²) < 4.78 is 0. The van der Waals surface area contributed by atoms with Crippen LogP contribution in [0.4, 0.5) is 17.1 Å². The molecule has 314 valence electrons. The summed E-state index contributed by atoms with van der Waals surface area (Å²) in [6.07, 6.45) is 0. The van der Waals surface area contributed by atoms with Crippen LogP contribution in [0, 0.1) is 0 Å². The molecule has 0 aliphatic heterocycles. The standard InChI is InChI=1S/C65H49N/c1-64(2)58-27-17-16-26-55(58)56-38-32-49(40-59(56)64)48-30-36-54(37-31-48)66(53-34-28-47(29-35-53)44-18-8-4-9-19-44)62-43-51(46-22-12-6-13-23-46)42-61-63(62)57-39-33-50(45-20-10-5-11-21-45)41-60(57)65(61,3)52-24-14-7-15-25-52/h4-43H,1-3H3. The Bertz CT molecular complexity index is 3410. The van der Waals surface area contributed by atoms with Crippen molar-refractivity contribution >= 4 is 17.1 Å². The second-order valence-corrected chi connectivity index (χ2v) is 18.6. The van der Waals surface area contributed by atoms with E-state index in [0.717, 1.165) is 17.1 Å². The molecule has 0 N–H and O–H groups in total. The second-order valence-electron chi connectivity index (χ2n) is 18.6. The number of anilines is 3. The van der Waals surface area contributed by atoms with Gasteiger partial charge in [0.15, 0.2) is 0 Å². The van der Waals surface area contributed by atoms with Crippen LogP contribution < -0.4 is 4.90 Å². The zero-order chi connectivity index (χ0) is 44.4. The number of rotatable bonds is 8. The third-order valence-electron chi connectivity index (χ3n) is 14.6. The fraction of sp³-hybridized carbons (Fsp3) is 0.0769. The molecule has 0 spiro atoms. The average Bonchev–Trinajstić information content (AvgIpc) is 3.78. The Balaban J connectivity index is 1.08. The maximum atomic E-state index is 2.50. The summed E-state index contributed by atoms with van der Waals surface area (Å²) in [7, 11) is 0. The second kappa shape index (κ2) is 15.6. The molecule has 1 unspecified atom stereocenters. The fourth-order valence-corrected chi connectivity index (χ4v) is 11.0. The van der Waals surface area contributed by atoms with Gasteiger partial charge in [-0.1, -0.05) is 208 Å². The first-order chi connectivity index (χ1) is 32.4. The van der Waals surface area contributed by atoms with Crippen LogP contribution in [0.5, 0.6) is 0 Å². The molecule has 10 aromatic rings. The number of nitrogens with zero attached hydrogens (tertiary/aromatic N) is 1. The molecule has 66 heavy (non-hydrogen) atoms. The van der Waals surface area contributed by atoms with E-state index in [4.69, 9.17) is 0 Å². The Labute approximate surface area is 389 Å². The molecule has 1 heteroatoms. The Morgan fingerprint density at radius 1 is 0.288 bits per heavy atom. The van der Waals surface area contributed by atoms with Crippen molar-refractivity contribution in [2.45, 2.75) is 31.6 Å². The number of hydrogen-bond donors (Lipinski definition) is 0. The van der Waals surface area contributed by atoms with Gasteiger partial charge in [-0.3, -0.25) is 0 Å². The summed E-state index contributed by atoms with van der Waals surface area (Å²) in [4.78, 5) is 2.50. The van der Waals surface area contributed by atoms with Crippen molar-refractivity contribution in [1.82, 2.24) is 0 Å². The third-order valence-corrected chi connectivity index (χ3v) is 14.6. The van der Waals surface area contributed by atoms with E-state index < -0.39 is 5.41 Å². The summed E-state index contributed by atoms with van der Waals surface area (Å²) in [5, 5.41) is 0. The van der Waals surface area contributed by atoms with Crippen LogP contribution in [0.3, 0.4) is 0 Å². The normalized spacial score (nSPS) is 15.1. The van der Waals surface area contributed by atoms with Gasteiger partial charge in [-0.15, -0.1) is 0 Å². The van der Waals surface area contributed by atoms with E-state index in [0.29, 0.717) is 0 Å². The quantitative estimate of drug-likeness (QED) is 0.147. The summed E-state index contributed by atoms with van der Waals surface area (Å²) in [6, 6.07) is 89.8. The van der Waals surface area contributed by atoms with Crippen LogP contribution in [0.25, 0.3) is 66.8 Å². The first kappa shape index (κ1) is 39.6. The molecule has 0 heterocycles. The van der Waals surface area contributed by atoms with Crippen LogP contribution in [-0.2, 0) is 10.8 Å². The summed E-state index contributed by atoms with van der Waals surface area (Å²) >= 11 is 0.